The van der Waals surface area contributed by atoms with Crippen LogP contribution < -0.4 is 0 Å². The maximum Gasteiger partial charge on any atom is 0.187 e. The minimum atomic E-state index is 0.403. The number of hydrogen-bond acceptors (Lipinski definition) is 4. The highest BCUT2D eigenvalue weighted by molar-refractivity contribution is 6.06. The molecule has 0 saturated heterocycles. The third-order valence-corrected chi connectivity index (χ3v) is 11.7. The number of furan rings is 1. The van der Waals surface area contributed by atoms with Crippen LogP contribution in [0.1, 0.15) is 44.1 Å². The SMILES string of the molecule is [C-]#[N+]c1ccc(-c2nc(-c3ccc([N+]#[C-])cc3)nc(-c3ccc4c(c3)oc3cc(-c5ccc(C67CC8CC(CC(C8)C6)C7)cc5)ccc34)n2)cc1. The fraction of sp³-hybridized carbons (Fsp3) is 0.222. The van der Waals surface area contributed by atoms with Gasteiger partial charge in [-0.3, -0.25) is 0 Å². The van der Waals surface area contributed by atoms with Crippen molar-refractivity contribution < 1.29 is 4.42 Å². The lowest BCUT2D eigenvalue weighted by molar-refractivity contribution is -0.00518. The predicted molar refractivity (Wildman–Crippen MR) is 201 cm³/mol. The lowest BCUT2D eigenvalue weighted by Crippen LogP contribution is -2.48. The lowest BCUT2D eigenvalue weighted by atomic mass is 9.48. The Kier molecular flexibility index (Phi) is 6.70. The van der Waals surface area contributed by atoms with Gasteiger partial charge in [-0.15, -0.1) is 0 Å². The highest BCUT2D eigenvalue weighted by atomic mass is 16.3. The Morgan fingerprint density at radius 3 is 1.39 bits per heavy atom. The fourth-order valence-electron chi connectivity index (χ4n) is 9.71. The van der Waals surface area contributed by atoms with Gasteiger partial charge in [0, 0.05) is 27.5 Å². The van der Waals surface area contributed by atoms with Crippen molar-refractivity contribution in [1.29, 1.82) is 0 Å². The molecule has 4 fully saturated rings. The Labute approximate surface area is 296 Å². The van der Waals surface area contributed by atoms with Crippen LogP contribution in [-0.2, 0) is 5.41 Å². The molecule has 5 aromatic carbocycles. The van der Waals surface area contributed by atoms with E-state index >= 15 is 0 Å². The smallest absolute Gasteiger partial charge is 0.187 e. The van der Waals surface area contributed by atoms with Crippen LogP contribution in [0, 0.1) is 30.9 Å². The molecule has 0 radical (unpaired) electrons. The summed E-state index contributed by atoms with van der Waals surface area (Å²) in [6.07, 6.45) is 8.54. The first-order valence-corrected chi connectivity index (χ1v) is 17.8. The summed E-state index contributed by atoms with van der Waals surface area (Å²) in [5, 5.41) is 2.11. The molecule has 0 atom stereocenters. The average molecular weight is 660 g/mol. The van der Waals surface area contributed by atoms with E-state index < -0.39 is 0 Å². The Morgan fingerprint density at radius 2 is 0.902 bits per heavy atom. The molecule has 51 heavy (non-hydrogen) atoms. The average Bonchev–Trinajstić information content (AvgIpc) is 3.54. The third-order valence-electron chi connectivity index (χ3n) is 11.7. The summed E-state index contributed by atoms with van der Waals surface area (Å²) in [5.41, 5.74) is 9.42. The van der Waals surface area contributed by atoms with Gasteiger partial charge in [0.25, 0.3) is 0 Å². The van der Waals surface area contributed by atoms with Gasteiger partial charge in [-0.2, -0.15) is 0 Å². The molecule has 4 aliphatic carbocycles. The quantitative estimate of drug-likeness (QED) is 0.173. The van der Waals surface area contributed by atoms with E-state index in [9.17, 15) is 0 Å². The van der Waals surface area contributed by atoms with Crippen molar-refractivity contribution in [3.8, 4) is 45.3 Å². The highest BCUT2D eigenvalue weighted by Crippen LogP contribution is 2.60. The lowest BCUT2D eigenvalue weighted by Gasteiger charge is -2.57. The van der Waals surface area contributed by atoms with E-state index in [-0.39, 0.29) is 0 Å². The number of aromatic nitrogens is 3. The standard InChI is InChI=1S/C45H33N5O/c1-46-36-13-5-31(6-14-36)42-48-43(32-7-15-37(47-2)16-8-32)50-44(49-42)34-10-18-39-38-17-9-33(22-40(38)51-41(39)23-34)30-3-11-35(12-4-30)45-24-27-19-28(25-45)21-29(20-27)26-45/h3-18,22-23,27-29H,19-21,24-26H2. The van der Waals surface area contributed by atoms with E-state index in [0.29, 0.717) is 34.3 Å². The van der Waals surface area contributed by atoms with Crippen molar-refractivity contribution in [3.63, 3.8) is 0 Å². The zero-order valence-electron chi connectivity index (χ0n) is 28.0. The summed E-state index contributed by atoms with van der Waals surface area (Å²) >= 11 is 0. The first-order valence-electron chi connectivity index (χ1n) is 17.8. The van der Waals surface area contributed by atoms with E-state index in [1.807, 2.05) is 36.4 Å². The molecule has 0 N–H and O–H groups in total. The minimum absolute atomic E-state index is 0.403. The monoisotopic (exact) mass is 659 g/mol. The minimum Gasteiger partial charge on any atom is -0.456 e. The van der Waals surface area contributed by atoms with Gasteiger partial charge in [0.2, 0.25) is 0 Å². The summed E-state index contributed by atoms with van der Waals surface area (Å²) in [7, 11) is 0. The molecule has 0 spiro atoms. The van der Waals surface area contributed by atoms with Gasteiger partial charge in [-0.25, -0.2) is 24.6 Å². The summed E-state index contributed by atoms with van der Waals surface area (Å²) in [5.74, 6) is 4.34. The first-order chi connectivity index (χ1) is 25.0. The van der Waals surface area contributed by atoms with Gasteiger partial charge in [-0.1, -0.05) is 84.9 Å². The summed E-state index contributed by atoms with van der Waals surface area (Å²) in [6, 6.07) is 36.6. The molecule has 2 heterocycles. The molecule has 0 aliphatic heterocycles. The molecule has 4 bridgehead atoms. The molecule has 11 rings (SSSR count). The summed E-state index contributed by atoms with van der Waals surface area (Å²) < 4.78 is 6.52. The van der Waals surface area contributed by atoms with Gasteiger partial charge >= 0.3 is 0 Å². The van der Waals surface area contributed by atoms with Crippen molar-refractivity contribution in [2.75, 3.05) is 0 Å². The van der Waals surface area contributed by atoms with Crippen LogP contribution in [-0.4, -0.2) is 15.0 Å². The normalized spacial score (nSPS) is 21.9. The van der Waals surface area contributed by atoms with Crippen LogP contribution in [0.25, 0.3) is 76.9 Å². The van der Waals surface area contributed by atoms with Crippen molar-refractivity contribution in [2.45, 2.75) is 43.9 Å². The van der Waals surface area contributed by atoms with Crippen LogP contribution in [0.3, 0.4) is 0 Å². The highest BCUT2D eigenvalue weighted by Gasteiger charge is 2.51. The van der Waals surface area contributed by atoms with Crippen molar-refractivity contribution >= 4 is 33.3 Å². The number of nitrogens with zero attached hydrogens (tertiary/aromatic N) is 5. The Hall–Kier alpha value is -6.11. The molecule has 7 aromatic rings. The molecule has 6 nitrogen and oxygen atoms in total. The van der Waals surface area contributed by atoms with Gasteiger partial charge < -0.3 is 4.42 Å². The molecule has 4 aliphatic rings. The van der Waals surface area contributed by atoms with Gasteiger partial charge in [-0.05, 0) is 103 Å². The first kappa shape index (κ1) is 29.8. The number of benzene rings is 5. The maximum absolute atomic E-state index is 7.33. The summed E-state index contributed by atoms with van der Waals surface area (Å²) in [6.45, 7) is 14.7. The molecule has 244 valence electrons. The second-order valence-corrected chi connectivity index (χ2v) is 14.9. The maximum atomic E-state index is 7.33. The second-order valence-electron chi connectivity index (χ2n) is 14.9. The second kappa shape index (κ2) is 11.5. The number of hydrogen-bond donors (Lipinski definition) is 0. The topological polar surface area (TPSA) is 60.5 Å². The fourth-order valence-corrected chi connectivity index (χ4v) is 9.71. The van der Waals surface area contributed by atoms with Crippen molar-refractivity contribution in [3.05, 3.63) is 138 Å². The van der Waals surface area contributed by atoms with Gasteiger partial charge in [0.15, 0.2) is 28.8 Å². The van der Waals surface area contributed by atoms with Crippen LogP contribution >= 0.6 is 0 Å². The number of rotatable bonds is 5. The van der Waals surface area contributed by atoms with E-state index in [1.54, 1.807) is 29.8 Å². The Balaban J connectivity index is 0.998. The molecule has 0 amide bonds. The molecular weight excluding hydrogens is 627 g/mol. The van der Waals surface area contributed by atoms with Crippen molar-refractivity contribution in [2.24, 2.45) is 17.8 Å². The number of fused-ring (bicyclic) bond motifs is 3. The van der Waals surface area contributed by atoms with Crippen LogP contribution in [0.15, 0.2) is 114 Å². The van der Waals surface area contributed by atoms with Crippen LogP contribution in [0.2, 0.25) is 0 Å². The van der Waals surface area contributed by atoms with E-state index in [2.05, 4.69) is 58.2 Å². The Morgan fingerprint density at radius 1 is 0.490 bits per heavy atom. The molecule has 0 unspecified atom stereocenters. The van der Waals surface area contributed by atoms with E-state index in [0.717, 1.165) is 61.9 Å². The third kappa shape index (κ3) is 5.10. The van der Waals surface area contributed by atoms with Crippen LogP contribution in [0.5, 0.6) is 0 Å². The largest absolute Gasteiger partial charge is 0.456 e. The van der Waals surface area contributed by atoms with Crippen molar-refractivity contribution in [1.82, 2.24) is 15.0 Å². The summed E-state index contributed by atoms with van der Waals surface area (Å²) in [4.78, 5) is 21.6. The molecule has 6 heteroatoms. The Bertz CT molecular complexity index is 2460. The zero-order chi connectivity index (χ0) is 34.1. The van der Waals surface area contributed by atoms with Crippen LogP contribution in [0.4, 0.5) is 11.4 Å². The van der Waals surface area contributed by atoms with Gasteiger partial charge in [0.05, 0.1) is 13.1 Å². The zero-order valence-corrected chi connectivity index (χ0v) is 28.0. The van der Waals surface area contributed by atoms with E-state index in [1.165, 1.54) is 44.1 Å². The van der Waals surface area contributed by atoms with Gasteiger partial charge in [0.1, 0.15) is 11.2 Å². The van der Waals surface area contributed by atoms with E-state index in [4.69, 9.17) is 32.5 Å². The molecule has 4 saturated carbocycles. The molecule has 2 aromatic heterocycles. The molecular formula is C45H33N5O. The predicted octanol–water partition coefficient (Wildman–Crippen LogP) is 12.0.